The third kappa shape index (κ3) is 1.80. The van der Waals surface area contributed by atoms with Crippen molar-refractivity contribution in [2.45, 2.75) is 6.10 Å². The van der Waals surface area contributed by atoms with Crippen molar-refractivity contribution in [3.05, 3.63) is 48.6 Å². The van der Waals surface area contributed by atoms with Gasteiger partial charge in [-0.1, -0.05) is 36.4 Å². The third-order valence-corrected chi connectivity index (χ3v) is 1.55. The summed E-state index contributed by atoms with van der Waals surface area (Å²) in [5.41, 5.74) is 0.505. The number of benzene rings is 1. The lowest BCUT2D eigenvalue weighted by Crippen LogP contribution is -2.16. The normalized spacial score (nSPS) is 12.1. The van der Waals surface area contributed by atoms with Crippen LogP contribution < -0.4 is 0 Å². The molecule has 1 aromatic carbocycles. The fraction of sp³-hybridized carbons (Fsp3) is 0.100. The summed E-state index contributed by atoms with van der Waals surface area (Å²) in [6.07, 6.45) is 0.127. The Balaban J connectivity index is 2.85. The maximum absolute atomic E-state index is 11.3. The standard InChI is InChI=1S/C10H10O2/c1-2-9(11)10(12)8-6-4-3-5-7-8/h2-7,9,11H,1H2. The number of hydrogen-bond donors (Lipinski definition) is 1. The SMILES string of the molecule is C=CC(O)C(=O)c1ccccc1. The molecular weight excluding hydrogens is 152 g/mol. The average molecular weight is 162 g/mol. The molecule has 1 N–H and O–H groups in total. The van der Waals surface area contributed by atoms with E-state index in [-0.39, 0.29) is 5.78 Å². The summed E-state index contributed by atoms with van der Waals surface area (Å²) in [6, 6.07) is 8.65. The summed E-state index contributed by atoms with van der Waals surface area (Å²) in [6.45, 7) is 3.34. The van der Waals surface area contributed by atoms with Gasteiger partial charge in [0.25, 0.3) is 0 Å². The van der Waals surface area contributed by atoms with Crippen LogP contribution in [0.1, 0.15) is 10.4 Å². The van der Waals surface area contributed by atoms with E-state index in [2.05, 4.69) is 6.58 Å². The number of aliphatic hydroxyl groups is 1. The molecule has 2 nitrogen and oxygen atoms in total. The number of hydrogen-bond acceptors (Lipinski definition) is 2. The first kappa shape index (κ1) is 8.68. The van der Waals surface area contributed by atoms with Crippen molar-refractivity contribution in [2.24, 2.45) is 0 Å². The molecule has 0 bridgehead atoms. The van der Waals surface area contributed by atoms with Gasteiger partial charge < -0.3 is 5.11 Å². The molecule has 0 saturated carbocycles. The molecule has 0 aliphatic carbocycles. The Morgan fingerprint density at radius 1 is 1.42 bits per heavy atom. The van der Waals surface area contributed by atoms with Crippen molar-refractivity contribution in [3.8, 4) is 0 Å². The Morgan fingerprint density at radius 2 is 2.00 bits per heavy atom. The highest BCUT2D eigenvalue weighted by Gasteiger charge is 2.11. The van der Waals surface area contributed by atoms with Gasteiger partial charge in [0.15, 0.2) is 5.78 Å². The second-order valence-electron chi connectivity index (χ2n) is 2.41. The number of aliphatic hydroxyl groups excluding tert-OH is 1. The number of carbonyl (C=O) groups is 1. The fourth-order valence-electron chi connectivity index (χ4n) is 0.880. The number of Topliss-reactive ketones (excluding diaryl/α,β-unsaturated/α-hetero) is 1. The molecule has 0 fully saturated rings. The highest BCUT2D eigenvalue weighted by Crippen LogP contribution is 2.03. The van der Waals surface area contributed by atoms with Gasteiger partial charge in [-0.3, -0.25) is 4.79 Å². The Bertz CT molecular complexity index is 277. The smallest absolute Gasteiger partial charge is 0.195 e. The van der Waals surface area contributed by atoms with Gasteiger partial charge in [-0.05, 0) is 0 Å². The van der Waals surface area contributed by atoms with Crippen molar-refractivity contribution in [1.82, 2.24) is 0 Å². The van der Waals surface area contributed by atoms with Crippen LogP contribution in [0, 0.1) is 0 Å². The molecule has 0 radical (unpaired) electrons. The minimum atomic E-state index is -1.09. The van der Waals surface area contributed by atoms with E-state index in [1.165, 1.54) is 6.08 Å². The van der Waals surface area contributed by atoms with E-state index in [4.69, 9.17) is 5.11 Å². The highest BCUT2D eigenvalue weighted by atomic mass is 16.3. The minimum Gasteiger partial charge on any atom is -0.381 e. The number of rotatable bonds is 3. The van der Waals surface area contributed by atoms with Crippen molar-refractivity contribution >= 4 is 5.78 Å². The lowest BCUT2D eigenvalue weighted by atomic mass is 10.1. The number of ketones is 1. The first-order chi connectivity index (χ1) is 5.75. The lowest BCUT2D eigenvalue weighted by Gasteiger charge is -2.02. The molecular formula is C10H10O2. The predicted molar refractivity (Wildman–Crippen MR) is 47.0 cm³/mol. The first-order valence-electron chi connectivity index (χ1n) is 3.65. The van der Waals surface area contributed by atoms with Gasteiger partial charge in [0, 0.05) is 5.56 Å². The molecule has 0 aliphatic heterocycles. The van der Waals surface area contributed by atoms with Gasteiger partial charge in [-0.2, -0.15) is 0 Å². The summed E-state index contributed by atoms with van der Waals surface area (Å²) in [7, 11) is 0. The molecule has 62 valence electrons. The van der Waals surface area contributed by atoms with Crippen molar-refractivity contribution in [1.29, 1.82) is 0 Å². The van der Waals surface area contributed by atoms with Gasteiger partial charge in [-0.15, -0.1) is 6.58 Å². The summed E-state index contributed by atoms with van der Waals surface area (Å²) in [4.78, 5) is 11.3. The van der Waals surface area contributed by atoms with Crippen LogP contribution in [0.3, 0.4) is 0 Å². The van der Waals surface area contributed by atoms with E-state index < -0.39 is 6.10 Å². The van der Waals surface area contributed by atoms with E-state index in [1.807, 2.05) is 6.07 Å². The molecule has 1 atom stereocenters. The van der Waals surface area contributed by atoms with Gasteiger partial charge >= 0.3 is 0 Å². The van der Waals surface area contributed by atoms with E-state index >= 15 is 0 Å². The van der Waals surface area contributed by atoms with Gasteiger partial charge in [0.05, 0.1) is 0 Å². The summed E-state index contributed by atoms with van der Waals surface area (Å²) in [5, 5.41) is 9.11. The van der Waals surface area contributed by atoms with Gasteiger partial charge in [-0.25, -0.2) is 0 Å². The van der Waals surface area contributed by atoms with Crippen LogP contribution in [-0.2, 0) is 0 Å². The van der Waals surface area contributed by atoms with E-state index in [9.17, 15) is 4.79 Å². The molecule has 1 unspecified atom stereocenters. The second kappa shape index (κ2) is 3.83. The minimum absolute atomic E-state index is 0.314. The molecule has 0 spiro atoms. The van der Waals surface area contributed by atoms with Crippen LogP contribution in [0.15, 0.2) is 43.0 Å². The molecule has 0 heterocycles. The zero-order chi connectivity index (χ0) is 8.97. The zero-order valence-electron chi connectivity index (χ0n) is 6.60. The van der Waals surface area contributed by atoms with Crippen LogP contribution in [0.5, 0.6) is 0 Å². The van der Waals surface area contributed by atoms with Crippen LogP contribution in [0.2, 0.25) is 0 Å². The van der Waals surface area contributed by atoms with Crippen LogP contribution >= 0.6 is 0 Å². The second-order valence-corrected chi connectivity index (χ2v) is 2.41. The fourth-order valence-corrected chi connectivity index (χ4v) is 0.880. The average Bonchev–Trinajstić information content (AvgIpc) is 2.17. The molecule has 0 amide bonds. The Hall–Kier alpha value is -1.41. The zero-order valence-corrected chi connectivity index (χ0v) is 6.60. The Morgan fingerprint density at radius 3 is 2.50 bits per heavy atom. The molecule has 0 saturated heterocycles. The first-order valence-corrected chi connectivity index (χ1v) is 3.65. The van der Waals surface area contributed by atoms with Crippen LogP contribution in [0.25, 0.3) is 0 Å². The van der Waals surface area contributed by atoms with Crippen molar-refractivity contribution < 1.29 is 9.90 Å². The monoisotopic (exact) mass is 162 g/mol. The summed E-state index contributed by atoms with van der Waals surface area (Å²) >= 11 is 0. The number of carbonyl (C=O) groups excluding carboxylic acids is 1. The molecule has 0 aromatic heterocycles. The van der Waals surface area contributed by atoms with Crippen molar-refractivity contribution in [2.75, 3.05) is 0 Å². The van der Waals surface area contributed by atoms with Crippen LogP contribution in [0.4, 0.5) is 0 Å². The molecule has 0 aliphatic rings. The summed E-state index contributed by atoms with van der Waals surface area (Å²) < 4.78 is 0. The summed E-state index contributed by atoms with van der Waals surface area (Å²) in [5.74, 6) is -0.314. The molecule has 12 heavy (non-hydrogen) atoms. The highest BCUT2D eigenvalue weighted by molar-refractivity contribution is 6.00. The van der Waals surface area contributed by atoms with Gasteiger partial charge in [0.1, 0.15) is 6.10 Å². The maximum Gasteiger partial charge on any atom is 0.195 e. The van der Waals surface area contributed by atoms with Gasteiger partial charge in [0.2, 0.25) is 0 Å². The Labute approximate surface area is 71.2 Å². The van der Waals surface area contributed by atoms with E-state index in [0.717, 1.165) is 0 Å². The lowest BCUT2D eigenvalue weighted by molar-refractivity contribution is 0.0821. The molecule has 2 heteroatoms. The van der Waals surface area contributed by atoms with Crippen molar-refractivity contribution in [3.63, 3.8) is 0 Å². The molecule has 1 aromatic rings. The largest absolute Gasteiger partial charge is 0.381 e. The van der Waals surface area contributed by atoms with Crippen LogP contribution in [-0.4, -0.2) is 17.0 Å². The topological polar surface area (TPSA) is 37.3 Å². The quantitative estimate of drug-likeness (QED) is 0.539. The predicted octanol–water partition coefficient (Wildman–Crippen LogP) is 1.42. The van der Waals surface area contributed by atoms with E-state index in [0.29, 0.717) is 5.56 Å². The van der Waals surface area contributed by atoms with E-state index in [1.54, 1.807) is 24.3 Å². The maximum atomic E-state index is 11.3. The molecule has 1 rings (SSSR count). The third-order valence-electron chi connectivity index (χ3n) is 1.55. The Kier molecular flexibility index (Phi) is 2.77.